The third-order valence-electron chi connectivity index (χ3n) is 4.26. The Labute approximate surface area is 162 Å². The highest BCUT2D eigenvalue weighted by atomic mass is 16.6. The van der Waals surface area contributed by atoms with Gasteiger partial charge in [0.05, 0.1) is 26.7 Å². The summed E-state index contributed by atoms with van der Waals surface area (Å²) in [6.07, 6.45) is 3.06. The maximum Gasteiger partial charge on any atom is 0.414 e. The Hall–Kier alpha value is -3.40. The second kappa shape index (κ2) is 9.00. The van der Waals surface area contributed by atoms with Crippen molar-refractivity contribution in [2.24, 2.45) is 10.1 Å². The molecule has 1 atom stereocenters. The van der Waals surface area contributed by atoms with Crippen molar-refractivity contribution in [3.05, 3.63) is 36.9 Å². The van der Waals surface area contributed by atoms with Gasteiger partial charge in [0.1, 0.15) is 18.3 Å². The van der Waals surface area contributed by atoms with E-state index in [4.69, 9.17) is 9.57 Å². The van der Waals surface area contributed by atoms with Gasteiger partial charge in [0, 0.05) is 17.9 Å². The van der Waals surface area contributed by atoms with E-state index in [1.54, 1.807) is 11.2 Å². The van der Waals surface area contributed by atoms with Gasteiger partial charge in [-0.2, -0.15) is 5.10 Å². The zero-order valence-electron chi connectivity index (χ0n) is 15.5. The molecular weight excluding hydrogens is 364 g/mol. The average molecular weight is 386 g/mol. The van der Waals surface area contributed by atoms with Crippen molar-refractivity contribution in [3.63, 3.8) is 0 Å². The lowest BCUT2D eigenvalue weighted by atomic mass is 10.2. The monoisotopic (exact) mass is 386 g/mol. The minimum absolute atomic E-state index is 0.301. The highest BCUT2D eigenvalue weighted by molar-refractivity contribution is 5.92. The number of amidine groups is 1. The van der Waals surface area contributed by atoms with Gasteiger partial charge in [-0.1, -0.05) is 6.58 Å². The molecule has 2 amide bonds. The molecule has 0 spiro atoms. The number of hydrogen-bond acceptors (Lipinski definition) is 7. The van der Waals surface area contributed by atoms with Gasteiger partial charge in [0.25, 0.3) is 0 Å². The summed E-state index contributed by atoms with van der Waals surface area (Å²) in [6.45, 7) is 5.50. The van der Waals surface area contributed by atoms with E-state index in [0.717, 1.165) is 11.4 Å². The topological polar surface area (TPSA) is 99.1 Å². The van der Waals surface area contributed by atoms with Crippen molar-refractivity contribution in [1.82, 2.24) is 10.5 Å². The van der Waals surface area contributed by atoms with Gasteiger partial charge < -0.3 is 9.64 Å². The molecule has 1 fully saturated rings. The summed E-state index contributed by atoms with van der Waals surface area (Å²) in [5, 5.41) is 5.37. The fourth-order valence-electron chi connectivity index (χ4n) is 2.82. The number of anilines is 2. The van der Waals surface area contributed by atoms with Gasteiger partial charge in [0.15, 0.2) is 0 Å². The Kier molecular flexibility index (Phi) is 6.22. The third kappa shape index (κ3) is 4.46. The molecule has 0 radical (unpaired) electrons. The van der Waals surface area contributed by atoms with E-state index in [0.29, 0.717) is 38.4 Å². The van der Waals surface area contributed by atoms with E-state index >= 15 is 0 Å². The predicted octanol–water partition coefficient (Wildman–Crippen LogP) is 0.969. The SMILES string of the molecule is C=CC(=NCC1CN(c2ccc(N3C=NN(C=O)CC3)cc2)C(=O)O1)NOC. The van der Waals surface area contributed by atoms with Crippen molar-refractivity contribution in [3.8, 4) is 0 Å². The molecule has 0 saturated carbocycles. The molecule has 10 heteroatoms. The van der Waals surface area contributed by atoms with Crippen LogP contribution in [0.25, 0.3) is 0 Å². The Morgan fingerprint density at radius 1 is 1.39 bits per heavy atom. The van der Waals surface area contributed by atoms with E-state index in [2.05, 4.69) is 22.2 Å². The number of carbonyl (C=O) groups is 2. The van der Waals surface area contributed by atoms with Crippen LogP contribution in [0.2, 0.25) is 0 Å². The molecule has 148 valence electrons. The lowest BCUT2D eigenvalue weighted by Gasteiger charge is -2.26. The standard InChI is InChI=1S/C18H22N6O4/c1-3-17(21-27-2)19-10-16-11-24(18(26)28-16)15-6-4-14(5-7-15)22-8-9-23(13-25)20-12-22/h3-7,12-13,16H,1,8-11H2,2H3,(H,19,21). The number of benzene rings is 1. The number of hydrogen-bond donors (Lipinski definition) is 1. The molecule has 1 aromatic rings. The van der Waals surface area contributed by atoms with Crippen molar-refractivity contribution in [2.75, 3.05) is 43.1 Å². The van der Waals surface area contributed by atoms with Gasteiger partial charge in [0.2, 0.25) is 6.41 Å². The second-order valence-electron chi connectivity index (χ2n) is 6.06. The summed E-state index contributed by atoms with van der Waals surface area (Å²) in [5.41, 5.74) is 4.26. The quantitative estimate of drug-likeness (QED) is 0.324. The summed E-state index contributed by atoms with van der Waals surface area (Å²) >= 11 is 0. The minimum atomic E-state index is -0.408. The third-order valence-corrected chi connectivity index (χ3v) is 4.26. The van der Waals surface area contributed by atoms with Gasteiger partial charge in [-0.25, -0.2) is 15.3 Å². The number of carbonyl (C=O) groups excluding carboxylic acids is 2. The lowest BCUT2D eigenvalue weighted by Crippen LogP contribution is -2.37. The Morgan fingerprint density at radius 3 is 2.75 bits per heavy atom. The number of hydroxylamine groups is 1. The van der Waals surface area contributed by atoms with Crippen molar-refractivity contribution >= 4 is 36.1 Å². The van der Waals surface area contributed by atoms with Crippen molar-refractivity contribution in [2.45, 2.75) is 6.10 Å². The molecule has 28 heavy (non-hydrogen) atoms. The first-order chi connectivity index (χ1) is 13.6. The summed E-state index contributed by atoms with van der Waals surface area (Å²) < 4.78 is 5.38. The second-order valence-corrected chi connectivity index (χ2v) is 6.06. The molecule has 0 aromatic heterocycles. The molecule has 1 saturated heterocycles. The van der Waals surface area contributed by atoms with E-state index in [9.17, 15) is 9.59 Å². The molecule has 2 aliphatic rings. The number of cyclic esters (lactones) is 1. The van der Waals surface area contributed by atoms with Crippen LogP contribution < -0.4 is 15.3 Å². The number of amides is 2. The maximum absolute atomic E-state index is 12.2. The number of rotatable bonds is 7. The van der Waals surface area contributed by atoms with E-state index in [1.807, 2.05) is 29.2 Å². The molecule has 1 N–H and O–H groups in total. The number of hydrazone groups is 1. The Bertz CT molecular complexity index is 779. The number of aliphatic imine (C=N–C) groups is 1. The van der Waals surface area contributed by atoms with Gasteiger partial charge in [-0.3, -0.25) is 19.5 Å². The van der Waals surface area contributed by atoms with E-state index in [-0.39, 0.29) is 6.10 Å². The summed E-state index contributed by atoms with van der Waals surface area (Å²) in [6, 6.07) is 7.50. The molecule has 1 unspecified atom stereocenters. The number of ether oxygens (including phenoxy) is 1. The van der Waals surface area contributed by atoms with Crippen LogP contribution in [0.1, 0.15) is 0 Å². The molecular formula is C18H22N6O4. The van der Waals surface area contributed by atoms with E-state index in [1.165, 1.54) is 18.2 Å². The molecule has 3 rings (SSSR count). The van der Waals surface area contributed by atoms with Crippen LogP contribution in [-0.4, -0.2) is 69.1 Å². The number of nitrogens with zero attached hydrogens (tertiary/aromatic N) is 5. The van der Waals surface area contributed by atoms with Crippen LogP contribution in [0.5, 0.6) is 0 Å². The molecule has 0 bridgehead atoms. The van der Waals surface area contributed by atoms with Crippen LogP contribution in [0, 0.1) is 0 Å². The highest BCUT2D eigenvalue weighted by Gasteiger charge is 2.32. The summed E-state index contributed by atoms with van der Waals surface area (Å²) in [4.78, 5) is 35.5. The molecule has 2 aliphatic heterocycles. The van der Waals surface area contributed by atoms with Crippen LogP contribution in [0.15, 0.2) is 47.0 Å². The lowest BCUT2D eigenvalue weighted by molar-refractivity contribution is -0.118. The van der Waals surface area contributed by atoms with Crippen LogP contribution in [-0.2, 0) is 14.4 Å². The van der Waals surface area contributed by atoms with Crippen LogP contribution in [0.3, 0.4) is 0 Å². The smallest absolute Gasteiger partial charge is 0.414 e. The van der Waals surface area contributed by atoms with E-state index < -0.39 is 6.09 Å². The molecule has 1 aromatic carbocycles. The highest BCUT2D eigenvalue weighted by Crippen LogP contribution is 2.25. The zero-order chi connectivity index (χ0) is 19.9. The van der Waals surface area contributed by atoms with Gasteiger partial charge >= 0.3 is 6.09 Å². The first kappa shape index (κ1) is 19.4. The minimum Gasteiger partial charge on any atom is -0.442 e. The van der Waals surface area contributed by atoms with Crippen molar-refractivity contribution < 1.29 is 19.2 Å². The number of nitrogens with one attached hydrogen (secondary N) is 1. The first-order valence-corrected chi connectivity index (χ1v) is 8.71. The predicted molar refractivity (Wildman–Crippen MR) is 105 cm³/mol. The molecule has 0 aliphatic carbocycles. The van der Waals surface area contributed by atoms with Crippen LogP contribution >= 0.6 is 0 Å². The Balaban J connectivity index is 1.62. The molecule has 10 nitrogen and oxygen atoms in total. The summed E-state index contributed by atoms with van der Waals surface area (Å²) in [7, 11) is 1.48. The summed E-state index contributed by atoms with van der Waals surface area (Å²) in [5.74, 6) is 0.470. The fourth-order valence-corrected chi connectivity index (χ4v) is 2.82. The average Bonchev–Trinajstić information content (AvgIpc) is 3.12. The zero-order valence-corrected chi connectivity index (χ0v) is 15.5. The Morgan fingerprint density at radius 2 is 2.14 bits per heavy atom. The largest absolute Gasteiger partial charge is 0.442 e. The molecule has 2 heterocycles. The maximum atomic E-state index is 12.2. The van der Waals surface area contributed by atoms with Crippen LogP contribution in [0.4, 0.5) is 16.2 Å². The fraction of sp³-hybridized carbons (Fsp3) is 0.333. The van der Waals surface area contributed by atoms with Gasteiger partial charge in [-0.15, -0.1) is 0 Å². The van der Waals surface area contributed by atoms with Gasteiger partial charge in [-0.05, 0) is 30.3 Å². The van der Waals surface area contributed by atoms with Crippen molar-refractivity contribution in [1.29, 1.82) is 0 Å². The normalized spacial score (nSPS) is 19.6. The first-order valence-electron chi connectivity index (χ1n) is 8.71.